The highest BCUT2D eigenvalue weighted by Gasteiger charge is 2.31. The van der Waals surface area contributed by atoms with Gasteiger partial charge in [-0.05, 0) is 36.6 Å². The van der Waals surface area contributed by atoms with Crippen LogP contribution in [0.5, 0.6) is 11.5 Å². The summed E-state index contributed by atoms with van der Waals surface area (Å²) in [6, 6.07) is 12.9. The predicted molar refractivity (Wildman–Crippen MR) is 95.3 cm³/mol. The zero-order chi connectivity index (χ0) is 16.7. The largest absolute Gasteiger partial charge is 0.493 e. The molecule has 4 nitrogen and oxygen atoms in total. The van der Waals surface area contributed by atoms with Crippen molar-refractivity contribution < 1.29 is 9.47 Å². The lowest BCUT2D eigenvalue weighted by Gasteiger charge is -2.21. The first-order valence-corrected chi connectivity index (χ1v) is 8.39. The van der Waals surface area contributed by atoms with Gasteiger partial charge in [-0.3, -0.25) is 9.89 Å². The van der Waals surface area contributed by atoms with E-state index in [1.807, 2.05) is 19.9 Å². The molecule has 2 aromatic rings. The predicted octanol–water partition coefficient (Wildman–Crippen LogP) is 4.26. The summed E-state index contributed by atoms with van der Waals surface area (Å²) in [6.45, 7) is 5.84. The highest BCUT2D eigenvalue weighted by atomic mass is 16.5. The number of fused-ring (bicyclic) bond motifs is 4. The van der Waals surface area contributed by atoms with E-state index in [9.17, 15) is 0 Å². The molecule has 0 N–H and O–H groups in total. The second-order valence-electron chi connectivity index (χ2n) is 6.63. The number of aliphatic imine (C=N–C) groups is 1. The number of methoxy groups -OCH3 is 1. The Morgan fingerprint density at radius 2 is 1.88 bits per heavy atom. The molecule has 2 aliphatic rings. The Hall–Kier alpha value is -2.33. The maximum Gasteiger partial charge on any atom is 0.163 e. The van der Waals surface area contributed by atoms with Crippen LogP contribution < -0.4 is 9.47 Å². The summed E-state index contributed by atoms with van der Waals surface area (Å²) in [4.78, 5) is 7.22. The summed E-state index contributed by atoms with van der Waals surface area (Å²) in [5, 5.41) is 0. The van der Waals surface area contributed by atoms with E-state index in [0.717, 1.165) is 30.3 Å². The Kier molecular flexibility index (Phi) is 3.77. The lowest BCUT2D eigenvalue weighted by Crippen LogP contribution is -2.21. The summed E-state index contributed by atoms with van der Waals surface area (Å²) in [6.07, 6.45) is 2.16. The van der Waals surface area contributed by atoms with Gasteiger partial charge in [-0.1, -0.05) is 24.3 Å². The van der Waals surface area contributed by atoms with Crippen molar-refractivity contribution in [3.63, 3.8) is 0 Å². The molecule has 0 spiro atoms. The van der Waals surface area contributed by atoms with Crippen LogP contribution >= 0.6 is 0 Å². The molecule has 0 radical (unpaired) electrons. The molecule has 1 atom stereocenters. The van der Waals surface area contributed by atoms with Crippen LogP contribution in [-0.4, -0.2) is 24.3 Å². The monoisotopic (exact) mass is 322 g/mol. The fourth-order valence-electron chi connectivity index (χ4n) is 3.52. The first kappa shape index (κ1) is 15.2. The molecular formula is C20H22N2O2. The second-order valence-corrected chi connectivity index (χ2v) is 6.63. The first-order valence-electron chi connectivity index (χ1n) is 8.39. The lowest BCUT2D eigenvalue weighted by atomic mass is 10.1. The van der Waals surface area contributed by atoms with Gasteiger partial charge in [-0.15, -0.1) is 0 Å². The van der Waals surface area contributed by atoms with Crippen molar-refractivity contribution >= 4 is 11.9 Å². The molecule has 2 aliphatic heterocycles. The molecule has 0 aromatic heterocycles. The van der Waals surface area contributed by atoms with Crippen LogP contribution in [0.1, 0.15) is 36.6 Å². The van der Waals surface area contributed by atoms with Crippen molar-refractivity contribution in [1.82, 2.24) is 4.90 Å². The average molecular weight is 322 g/mol. The molecule has 1 unspecified atom stereocenters. The third-order valence-corrected chi connectivity index (χ3v) is 4.60. The van der Waals surface area contributed by atoms with E-state index in [2.05, 4.69) is 41.4 Å². The third kappa shape index (κ3) is 2.57. The maximum atomic E-state index is 5.88. The zero-order valence-electron chi connectivity index (χ0n) is 14.3. The van der Waals surface area contributed by atoms with Crippen LogP contribution in [0.15, 0.2) is 41.4 Å². The van der Waals surface area contributed by atoms with Gasteiger partial charge >= 0.3 is 0 Å². The van der Waals surface area contributed by atoms with Gasteiger partial charge in [0, 0.05) is 25.4 Å². The molecule has 0 amide bonds. The average Bonchev–Trinajstić information content (AvgIpc) is 2.81. The van der Waals surface area contributed by atoms with Crippen LogP contribution in [0.25, 0.3) is 0 Å². The van der Waals surface area contributed by atoms with Crippen molar-refractivity contribution in [1.29, 1.82) is 0 Å². The number of nitrogens with zero attached hydrogens (tertiary/aromatic N) is 2. The Labute approximate surface area is 142 Å². The van der Waals surface area contributed by atoms with E-state index in [-0.39, 0.29) is 12.1 Å². The van der Waals surface area contributed by atoms with E-state index in [1.54, 1.807) is 7.11 Å². The maximum absolute atomic E-state index is 5.88. The highest BCUT2D eigenvalue weighted by Crippen LogP contribution is 2.41. The Morgan fingerprint density at radius 3 is 2.67 bits per heavy atom. The van der Waals surface area contributed by atoms with E-state index in [4.69, 9.17) is 14.5 Å². The topological polar surface area (TPSA) is 34.1 Å². The van der Waals surface area contributed by atoms with Gasteiger partial charge < -0.3 is 9.47 Å². The highest BCUT2D eigenvalue weighted by molar-refractivity contribution is 5.75. The molecular weight excluding hydrogens is 300 g/mol. The van der Waals surface area contributed by atoms with Crippen LogP contribution in [0.2, 0.25) is 0 Å². The lowest BCUT2D eigenvalue weighted by molar-refractivity contribution is 0.229. The number of benzene rings is 2. The number of hydrogen-bond acceptors (Lipinski definition) is 4. The summed E-state index contributed by atoms with van der Waals surface area (Å²) < 4.78 is 11.4. The van der Waals surface area contributed by atoms with Crippen molar-refractivity contribution in [2.45, 2.75) is 39.1 Å². The SMILES string of the molecule is COc1cc2c(cc1OC(C)C)N=CC1c3ccccc3CN1C2. The summed E-state index contributed by atoms with van der Waals surface area (Å²) in [5.41, 5.74) is 4.90. The molecule has 0 saturated heterocycles. The summed E-state index contributed by atoms with van der Waals surface area (Å²) in [5.74, 6) is 1.53. The molecule has 124 valence electrons. The van der Waals surface area contributed by atoms with Gasteiger partial charge in [0.05, 0.1) is 24.9 Å². The van der Waals surface area contributed by atoms with Gasteiger partial charge in [-0.25, -0.2) is 0 Å². The van der Waals surface area contributed by atoms with Crippen LogP contribution in [-0.2, 0) is 13.1 Å². The van der Waals surface area contributed by atoms with Crippen LogP contribution in [0, 0.1) is 0 Å². The number of rotatable bonds is 3. The third-order valence-electron chi connectivity index (χ3n) is 4.60. The molecule has 2 heterocycles. The fourth-order valence-corrected chi connectivity index (χ4v) is 3.52. The standard InChI is InChI=1S/C20H22N2O2/c1-13(2)24-20-9-17-15(8-19(20)23-3)12-22-11-14-6-4-5-7-16(14)18(22)10-21-17/h4-10,13,18H,11-12H2,1-3H3. The van der Waals surface area contributed by atoms with Gasteiger partial charge in [0.25, 0.3) is 0 Å². The first-order chi connectivity index (χ1) is 11.7. The number of ether oxygens (including phenoxy) is 2. The van der Waals surface area contributed by atoms with Gasteiger partial charge in [0.1, 0.15) is 0 Å². The number of hydrogen-bond donors (Lipinski definition) is 0. The molecule has 2 aromatic carbocycles. The second kappa shape index (κ2) is 5.95. The summed E-state index contributed by atoms with van der Waals surface area (Å²) in [7, 11) is 1.68. The molecule has 0 fully saturated rings. The van der Waals surface area contributed by atoms with Crippen molar-refractivity contribution in [2.24, 2.45) is 4.99 Å². The van der Waals surface area contributed by atoms with E-state index < -0.39 is 0 Å². The van der Waals surface area contributed by atoms with E-state index in [1.165, 1.54) is 16.7 Å². The van der Waals surface area contributed by atoms with Gasteiger partial charge in [0.2, 0.25) is 0 Å². The van der Waals surface area contributed by atoms with E-state index >= 15 is 0 Å². The minimum Gasteiger partial charge on any atom is -0.493 e. The normalized spacial score (nSPS) is 18.8. The van der Waals surface area contributed by atoms with Gasteiger partial charge in [-0.2, -0.15) is 0 Å². The smallest absolute Gasteiger partial charge is 0.163 e. The molecule has 4 rings (SSSR count). The van der Waals surface area contributed by atoms with Crippen molar-refractivity contribution in [3.05, 3.63) is 53.1 Å². The zero-order valence-corrected chi connectivity index (χ0v) is 14.3. The summed E-state index contributed by atoms with van der Waals surface area (Å²) >= 11 is 0. The molecule has 24 heavy (non-hydrogen) atoms. The molecule has 0 aliphatic carbocycles. The van der Waals surface area contributed by atoms with Crippen LogP contribution in [0.4, 0.5) is 5.69 Å². The van der Waals surface area contributed by atoms with Crippen molar-refractivity contribution in [3.8, 4) is 11.5 Å². The Morgan fingerprint density at radius 1 is 1.08 bits per heavy atom. The fraction of sp³-hybridized carbons (Fsp3) is 0.350. The molecule has 0 saturated carbocycles. The van der Waals surface area contributed by atoms with Gasteiger partial charge in [0.15, 0.2) is 11.5 Å². The van der Waals surface area contributed by atoms with Crippen LogP contribution in [0.3, 0.4) is 0 Å². The quantitative estimate of drug-likeness (QED) is 0.847. The Bertz CT molecular complexity index is 798. The van der Waals surface area contributed by atoms with E-state index in [0.29, 0.717) is 0 Å². The Balaban J connectivity index is 1.73. The minimum atomic E-state index is 0.0988. The minimum absolute atomic E-state index is 0.0988. The molecule has 4 heteroatoms. The van der Waals surface area contributed by atoms with Crippen molar-refractivity contribution in [2.75, 3.05) is 7.11 Å². The molecule has 0 bridgehead atoms.